The van der Waals surface area contributed by atoms with Crippen molar-refractivity contribution in [3.8, 4) is 34.0 Å². The molecule has 170 valence electrons. The van der Waals surface area contributed by atoms with E-state index in [2.05, 4.69) is 4.98 Å². The Morgan fingerprint density at radius 3 is 2.38 bits per heavy atom. The maximum atomic E-state index is 13.5. The van der Waals surface area contributed by atoms with Gasteiger partial charge >= 0.3 is 5.69 Å². The molecule has 0 spiro atoms. The topological polar surface area (TPSA) is 89.2 Å². The van der Waals surface area contributed by atoms with Crippen LogP contribution in [0.3, 0.4) is 0 Å². The van der Waals surface area contributed by atoms with E-state index in [4.69, 9.17) is 4.74 Å². The van der Waals surface area contributed by atoms with Gasteiger partial charge in [0.15, 0.2) is 11.5 Å². The molecule has 0 aliphatic rings. The van der Waals surface area contributed by atoms with Gasteiger partial charge in [-0.05, 0) is 60.9 Å². The van der Waals surface area contributed by atoms with E-state index in [0.717, 1.165) is 22.4 Å². The summed E-state index contributed by atoms with van der Waals surface area (Å²) in [7, 11) is 1.51. The van der Waals surface area contributed by atoms with Gasteiger partial charge < -0.3 is 19.4 Å². The second-order valence-corrected chi connectivity index (χ2v) is 8.14. The quantitative estimate of drug-likeness (QED) is 0.420. The Morgan fingerprint density at radius 1 is 0.912 bits per heavy atom. The van der Waals surface area contributed by atoms with Gasteiger partial charge in [0.25, 0.3) is 5.56 Å². The van der Waals surface area contributed by atoms with Crippen LogP contribution in [0.2, 0.25) is 0 Å². The molecule has 2 heterocycles. The van der Waals surface area contributed by atoms with Gasteiger partial charge in [0.2, 0.25) is 0 Å². The predicted octanol–water partition coefficient (Wildman–Crippen LogP) is 4.47. The fourth-order valence-corrected chi connectivity index (χ4v) is 4.25. The number of aromatic nitrogens is 3. The summed E-state index contributed by atoms with van der Waals surface area (Å²) in [5, 5.41) is 10.5. The lowest BCUT2D eigenvalue weighted by Gasteiger charge is -2.12. The van der Waals surface area contributed by atoms with Crippen LogP contribution in [0, 0.1) is 13.8 Å². The molecular weight excluding hydrogens is 430 g/mol. The zero-order valence-electron chi connectivity index (χ0n) is 19.0. The number of hydrogen-bond donors (Lipinski definition) is 2. The Labute approximate surface area is 195 Å². The first kappa shape index (κ1) is 21.3. The number of nitrogens with one attached hydrogen (secondary N) is 1. The molecule has 0 bridgehead atoms. The Morgan fingerprint density at radius 2 is 1.65 bits per heavy atom. The Bertz CT molecular complexity index is 1660. The van der Waals surface area contributed by atoms with Crippen molar-refractivity contribution in [3.63, 3.8) is 0 Å². The maximum absolute atomic E-state index is 13.5. The van der Waals surface area contributed by atoms with Crippen molar-refractivity contribution in [1.82, 2.24) is 14.1 Å². The van der Waals surface area contributed by atoms with E-state index in [1.807, 2.05) is 62.4 Å². The lowest BCUT2D eigenvalue weighted by atomic mass is 10.0. The van der Waals surface area contributed by atoms with Crippen molar-refractivity contribution in [2.75, 3.05) is 7.11 Å². The minimum Gasteiger partial charge on any atom is -0.504 e. The average Bonchev–Trinajstić information content (AvgIpc) is 3.26. The van der Waals surface area contributed by atoms with E-state index >= 15 is 0 Å². The van der Waals surface area contributed by atoms with Gasteiger partial charge in [-0.25, -0.2) is 9.36 Å². The number of H-pyrrole nitrogens is 1. The monoisotopic (exact) mass is 453 g/mol. The number of phenolic OH excluding ortho intramolecular Hbond substituents is 1. The molecule has 7 nitrogen and oxygen atoms in total. The number of methoxy groups -OCH3 is 1. The Kier molecular flexibility index (Phi) is 5.09. The van der Waals surface area contributed by atoms with Gasteiger partial charge in [0.05, 0.1) is 18.3 Å². The summed E-state index contributed by atoms with van der Waals surface area (Å²) in [6.07, 6.45) is 1.76. The van der Waals surface area contributed by atoms with Crippen LogP contribution in [0.25, 0.3) is 33.5 Å². The fraction of sp³-hybridized carbons (Fsp3) is 0.111. The average molecular weight is 453 g/mol. The van der Waals surface area contributed by atoms with Crippen molar-refractivity contribution in [3.05, 3.63) is 105 Å². The molecule has 0 atom stereocenters. The molecule has 0 saturated heterocycles. The molecule has 0 saturated carbocycles. The highest BCUT2D eigenvalue weighted by Crippen LogP contribution is 2.37. The number of aromatic hydroxyl groups is 1. The normalized spacial score (nSPS) is 11.1. The number of phenols is 1. The summed E-state index contributed by atoms with van der Waals surface area (Å²) in [5.74, 6) is 0.465. The number of rotatable bonds is 4. The van der Waals surface area contributed by atoms with Crippen molar-refractivity contribution in [2.24, 2.45) is 0 Å². The van der Waals surface area contributed by atoms with E-state index in [0.29, 0.717) is 28.0 Å². The number of ether oxygens (including phenoxy) is 1. The number of aromatic amines is 1. The van der Waals surface area contributed by atoms with Crippen molar-refractivity contribution >= 4 is 11.0 Å². The zero-order valence-corrected chi connectivity index (χ0v) is 19.0. The molecule has 0 amide bonds. The Balaban J connectivity index is 1.65. The van der Waals surface area contributed by atoms with Crippen LogP contribution in [0.4, 0.5) is 0 Å². The Hall–Kier alpha value is -4.52. The minimum absolute atomic E-state index is 0.0677. The van der Waals surface area contributed by atoms with E-state index in [1.54, 1.807) is 29.0 Å². The predicted molar refractivity (Wildman–Crippen MR) is 133 cm³/mol. The summed E-state index contributed by atoms with van der Waals surface area (Å²) in [5.41, 5.74) is 4.58. The largest absolute Gasteiger partial charge is 0.504 e. The second kappa shape index (κ2) is 8.12. The van der Waals surface area contributed by atoms with Crippen LogP contribution in [-0.2, 0) is 0 Å². The highest BCUT2D eigenvalue weighted by Gasteiger charge is 2.16. The standard InChI is InChI=1S/C27H23N3O4/c1-16-6-4-8-22(17(16)2)30-26(32)24-21(28-27(30)33)14-15-29(24)19-12-10-18(11-13-19)20-7-5-9-23(34-3)25(20)31/h4-15,31H,1-3H3,(H,28,33). The molecule has 0 aliphatic heterocycles. The van der Waals surface area contributed by atoms with Gasteiger partial charge in [-0.1, -0.05) is 36.4 Å². The molecular formula is C27H23N3O4. The number of aryl methyl sites for hydroxylation is 1. The SMILES string of the molecule is COc1cccc(-c2ccc(-n3ccc4[nH]c(=O)n(-c5cccc(C)c5C)c(=O)c43)cc2)c1O. The van der Waals surface area contributed by atoms with Crippen LogP contribution < -0.4 is 16.0 Å². The molecule has 5 aromatic rings. The van der Waals surface area contributed by atoms with Crippen LogP contribution in [0.5, 0.6) is 11.5 Å². The van der Waals surface area contributed by atoms with Gasteiger partial charge in [-0.3, -0.25) is 4.79 Å². The summed E-state index contributed by atoms with van der Waals surface area (Å²) in [6, 6.07) is 20.0. The summed E-state index contributed by atoms with van der Waals surface area (Å²) < 4.78 is 8.14. The minimum atomic E-state index is -0.479. The van der Waals surface area contributed by atoms with Crippen molar-refractivity contribution in [2.45, 2.75) is 13.8 Å². The fourth-order valence-electron chi connectivity index (χ4n) is 4.25. The molecule has 5 rings (SSSR count). The van der Waals surface area contributed by atoms with Gasteiger partial charge in [0.1, 0.15) is 5.52 Å². The molecule has 7 heteroatoms. The third-order valence-corrected chi connectivity index (χ3v) is 6.23. The first-order valence-electron chi connectivity index (χ1n) is 10.8. The first-order valence-corrected chi connectivity index (χ1v) is 10.8. The number of para-hydroxylation sites is 1. The third-order valence-electron chi connectivity index (χ3n) is 6.23. The van der Waals surface area contributed by atoms with E-state index in [9.17, 15) is 14.7 Å². The van der Waals surface area contributed by atoms with Gasteiger partial charge in [0, 0.05) is 17.4 Å². The van der Waals surface area contributed by atoms with Crippen LogP contribution in [-0.4, -0.2) is 26.3 Å². The molecule has 0 aliphatic carbocycles. The maximum Gasteiger partial charge on any atom is 0.333 e. The zero-order chi connectivity index (χ0) is 24.0. The lowest BCUT2D eigenvalue weighted by molar-refractivity contribution is 0.374. The summed E-state index contributed by atoms with van der Waals surface area (Å²) >= 11 is 0. The van der Waals surface area contributed by atoms with E-state index < -0.39 is 11.2 Å². The van der Waals surface area contributed by atoms with E-state index in [1.165, 1.54) is 11.7 Å². The van der Waals surface area contributed by atoms with Crippen molar-refractivity contribution < 1.29 is 9.84 Å². The van der Waals surface area contributed by atoms with Gasteiger partial charge in [-0.15, -0.1) is 0 Å². The molecule has 34 heavy (non-hydrogen) atoms. The van der Waals surface area contributed by atoms with Crippen LogP contribution in [0.15, 0.2) is 82.5 Å². The molecule has 0 radical (unpaired) electrons. The molecule has 3 aromatic carbocycles. The van der Waals surface area contributed by atoms with Crippen LogP contribution >= 0.6 is 0 Å². The molecule has 2 aromatic heterocycles. The van der Waals surface area contributed by atoms with Crippen LogP contribution in [0.1, 0.15) is 11.1 Å². The number of hydrogen-bond acceptors (Lipinski definition) is 4. The smallest absolute Gasteiger partial charge is 0.333 e. The summed E-state index contributed by atoms with van der Waals surface area (Å²) in [6.45, 7) is 3.84. The summed E-state index contributed by atoms with van der Waals surface area (Å²) in [4.78, 5) is 29.2. The number of benzene rings is 3. The van der Waals surface area contributed by atoms with E-state index in [-0.39, 0.29) is 5.75 Å². The number of nitrogens with zero attached hydrogens (tertiary/aromatic N) is 2. The second-order valence-electron chi connectivity index (χ2n) is 8.14. The third kappa shape index (κ3) is 3.29. The lowest BCUT2D eigenvalue weighted by Crippen LogP contribution is -2.34. The highest BCUT2D eigenvalue weighted by atomic mass is 16.5. The van der Waals surface area contributed by atoms with Crippen molar-refractivity contribution in [1.29, 1.82) is 0 Å². The first-order chi connectivity index (χ1) is 16.4. The molecule has 0 fully saturated rings. The molecule has 0 unspecified atom stereocenters. The molecule has 2 N–H and O–H groups in total. The highest BCUT2D eigenvalue weighted by molar-refractivity contribution is 5.78. The number of fused-ring (bicyclic) bond motifs is 1. The van der Waals surface area contributed by atoms with Gasteiger partial charge in [-0.2, -0.15) is 0 Å².